The van der Waals surface area contributed by atoms with Crippen molar-refractivity contribution < 1.29 is 22.0 Å². The van der Waals surface area contributed by atoms with Crippen LogP contribution in [0.25, 0.3) is 0 Å². The summed E-state index contributed by atoms with van der Waals surface area (Å²) in [5, 5.41) is 6.18. The van der Waals surface area contributed by atoms with Crippen LogP contribution in [0.15, 0.2) is 30.3 Å². The third kappa shape index (κ3) is 4.06. The van der Waals surface area contributed by atoms with Crippen molar-refractivity contribution in [1.29, 1.82) is 0 Å². The molecule has 0 fully saturated rings. The zero-order chi connectivity index (χ0) is 20.4. The number of thiocarbonyl (C=S) groups is 1. The summed E-state index contributed by atoms with van der Waals surface area (Å²) in [6, 6.07) is 3.88. The molecule has 28 heavy (non-hydrogen) atoms. The van der Waals surface area contributed by atoms with E-state index in [1.807, 2.05) is 0 Å². The van der Waals surface area contributed by atoms with E-state index >= 15 is 0 Å². The number of benzene rings is 2. The molecular formula is C18H11F5N4S. The number of aromatic nitrogens is 2. The van der Waals surface area contributed by atoms with Crippen LogP contribution in [0.2, 0.25) is 0 Å². The van der Waals surface area contributed by atoms with Gasteiger partial charge in [-0.25, -0.2) is 31.9 Å². The van der Waals surface area contributed by atoms with Gasteiger partial charge in [0, 0.05) is 23.6 Å². The highest BCUT2D eigenvalue weighted by atomic mass is 32.1. The molecule has 0 unspecified atom stereocenters. The van der Waals surface area contributed by atoms with Gasteiger partial charge >= 0.3 is 0 Å². The third-order valence-corrected chi connectivity index (χ3v) is 3.85. The van der Waals surface area contributed by atoms with Crippen LogP contribution in [0.5, 0.6) is 0 Å². The van der Waals surface area contributed by atoms with Crippen molar-refractivity contribution in [3.63, 3.8) is 0 Å². The Morgan fingerprint density at radius 2 is 1.39 bits per heavy atom. The average molecular weight is 410 g/mol. The highest BCUT2D eigenvalue weighted by Gasteiger charge is 2.18. The summed E-state index contributed by atoms with van der Waals surface area (Å²) in [6.07, 6.45) is 0. The van der Waals surface area contributed by atoms with E-state index in [1.54, 1.807) is 0 Å². The number of aryl methyl sites for hydroxylation is 1. The minimum Gasteiger partial charge on any atom is -0.337 e. The van der Waals surface area contributed by atoms with E-state index in [0.29, 0.717) is 18.2 Å². The minimum absolute atomic E-state index is 0.0263. The molecule has 2 aromatic carbocycles. The zero-order valence-electron chi connectivity index (χ0n) is 14.2. The fourth-order valence-corrected chi connectivity index (χ4v) is 2.61. The highest BCUT2D eigenvalue weighted by molar-refractivity contribution is 7.79. The second-order valence-corrected chi connectivity index (χ2v) is 5.85. The van der Waals surface area contributed by atoms with Gasteiger partial charge in [-0.3, -0.25) is 0 Å². The molecule has 1 aromatic heterocycles. The Hall–Kier alpha value is -3.14. The number of anilines is 4. The SMILES string of the molecule is Cc1nc(Nc2ccc(F)cc2F)c(C=S)c(Nc2c(F)cc(F)cc2F)n1. The van der Waals surface area contributed by atoms with E-state index < -0.39 is 34.8 Å². The van der Waals surface area contributed by atoms with Crippen LogP contribution in [0.1, 0.15) is 11.4 Å². The van der Waals surface area contributed by atoms with E-state index in [1.165, 1.54) is 6.92 Å². The molecule has 3 aromatic rings. The van der Waals surface area contributed by atoms with E-state index in [4.69, 9.17) is 12.2 Å². The molecule has 0 amide bonds. The number of halogens is 5. The van der Waals surface area contributed by atoms with Crippen LogP contribution in [0, 0.1) is 36.0 Å². The van der Waals surface area contributed by atoms with Crippen molar-refractivity contribution in [3.05, 3.63) is 70.8 Å². The van der Waals surface area contributed by atoms with Crippen molar-refractivity contribution in [1.82, 2.24) is 9.97 Å². The van der Waals surface area contributed by atoms with Gasteiger partial charge in [-0.2, -0.15) is 0 Å². The molecule has 2 N–H and O–H groups in total. The lowest BCUT2D eigenvalue weighted by molar-refractivity contribution is 0.548. The smallest absolute Gasteiger partial charge is 0.152 e. The average Bonchev–Trinajstić information content (AvgIpc) is 2.60. The first-order chi connectivity index (χ1) is 13.3. The van der Waals surface area contributed by atoms with Gasteiger partial charge in [0.05, 0.1) is 11.3 Å². The quantitative estimate of drug-likeness (QED) is 0.441. The molecule has 0 spiro atoms. The molecule has 0 aliphatic carbocycles. The largest absolute Gasteiger partial charge is 0.337 e. The van der Waals surface area contributed by atoms with E-state index in [9.17, 15) is 22.0 Å². The maximum Gasteiger partial charge on any atom is 0.152 e. The summed E-state index contributed by atoms with van der Waals surface area (Å²) in [5.74, 6) is -4.97. The second kappa shape index (κ2) is 7.85. The fraction of sp³-hybridized carbons (Fsp3) is 0.0556. The van der Waals surface area contributed by atoms with Crippen molar-refractivity contribution in [3.8, 4) is 0 Å². The first kappa shape index (κ1) is 19.6. The number of hydrogen-bond donors (Lipinski definition) is 2. The maximum atomic E-state index is 13.9. The summed E-state index contributed by atoms with van der Waals surface area (Å²) in [4.78, 5) is 8.14. The number of nitrogens with zero attached hydrogens (tertiary/aromatic N) is 2. The molecule has 0 bridgehead atoms. The van der Waals surface area contributed by atoms with Crippen molar-refractivity contribution in [2.45, 2.75) is 6.92 Å². The number of hydrogen-bond acceptors (Lipinski definition) is 5. The topological polar surface area (TPSA) is 49.8 Å². The van der Waals surface area contributed by atoms with Crippen LogP contribution < -0.4 is 10.6 Å². The molecule has 10 heteroatoms. The molecule has 0 saturated heterocycles. The fourth-order valence-electron chi connectivity index (χ4n) is 2.38. The summed E-state index contributed by atoms with van der Waals surface area (Å²) in [5.41, 5.74) is -0.647. The predicted molar refractivity (Wildman–Crippen MR) is 98.8 cm³/mol. The minimum atomic E-state index is -1.18. The van der Waals surface area contributed by atoms with Crippen LogP contribution in [0.4, 0.5) is 45.0 Å². The lowest BCUT2D eigenvalue weighted by Gasteiger charge is -2.15. The van der Waals surface area contributed by atoms with Gasteiger partial charge in [0.1, 0.15) is 40.6 Å². The molecule has 3 rings (SSSR count). The lowest BCUT2D eigenvalue weighted by atomic mass is 10.2. The Labute approximate surface area is 161 Å². The predicted octanol–water partition coefficient (Wildman–Crippen LogP) is 5.32. The molecule has 4 nitrogen and oxygen atoms in total. The zero-order valence-corrected chi connectivity index (χ0v) is 15.0. The Bertz CT molecular complexity index is 1050. The molecule has 1 heterocycles. The summed E-state index contributed by atoms with van der Waals surface area (Å²) < 4.78 is 68.0. The van der Waals surface area contributed by atoms with Gasteiger partial charge in [-0.05, 0) is 19.1 Å². The molecule has 0 aliphatic heterocycles. The van der Waals surface area contributed by atoms with Crippen molar-refractivity contribution in [2.24, 2.45) is 0 Å². The molecule has 0 aliphatic rings. The molecule has 0 atom stereocenters. The van der Waals surface area contributed by atoms with Crippen LogP contribution in [0.3, 0.4) is 0 Å². The van der Waals surface area contributed by atoms with Crippen molar-refractivity contribution in [2.75, 3.05) is 10.6 Å². The van der Waals surface area contributed by atoms with Gasteiger partial charge < -0.3 is 10.6 Å². The van der Waals surface area contributed by atoms with E-state index in [-0.39, 0.29) is 28.7 Å². The summed E-state index contributed by atoms with van der Waals surface area (Å²) >= 11 is 4.92. The Morgan fingerprint density at radius 3 is 1.96 bits per heavy atom. The number of nitrogens with one attached hydrogen (secondary N) is 2. The molecule has 144 valence electrons. The molecular weight excluding hydrogens is 399 g/mol. The molecule has 0 saturated carbocycles. The highest BCUT2D eigenvalue weighted by Crippen LogP contribution is 2.29. The Kier molecular flexibility index (Phi) is 5.50. The van der Waals surface area contributed by atoms with Gasteiger partial charge in [0.2, 0.25) is 0 Å². The van der Waals surface area contributed by atoms with Crippen LogP contribution in [-0.2, 0) is 0 Å². The normalized spacial score (nSPS) is 10.6. The monoisotopic (exact) mass is 410 g/mol. The molecule has 0 radical (unpaired) electrons. The standard InChI is InChI=1S/C18H11F5N4S/c1-8-24-17(26-15-3-2-9(19)4-12(15)21)11(7-28)18(25-8)27-16-13(22)5-10(20)6-14(16)23/h2-7H,1H3,(H2,24,25,26,27). The van der Waals surface area contributed by atoms with Crippen LogP contribution >= 0.6 is 12.2 Å². The van der Waals surface area contributed by atoms with Gasteiger partial charge in [0.15, 0.2) is 11.6 Å². The first-order valence-corrected chi connectivity index (χ1v) is 8.23. The second-order valence-electron chi connectivity index (χ2n) is 5.62. The number of rotatable bonds is 5. The summed E-state index contributed by atoms with van der Waals surface area (Å²) in [6.45, 7) is 1.49. The maximum absolute atomic E-state index is 13.9. The third-order valence-electron chi connectivity index (χ3n) is 3.61. The van der Waals surface area contributed by atoms with Crippen LogP contribution in [-0.4, -0.2) is 15.3 Å². The van der Waals surface area contributed by atoms with E-state index in [0.717, 1.165) is 17.5 Å². The van der Waals surface area contributed by atoms with Gasteiger partial charge in [0.25, 0.3) is 0 Å². The summed E-state index contributed by atoms with van der Waals surface area (Å²) in [7, 11) is 0. The van der Waals surface area contributed by atoms with Gasteiger partial charge in [-0.15, -0.1) is 0 Å². The van der Waals surface area contributed by atoms with Gasteiger partial charge in [-0.1, -0.05) is 12.2 Å². The lowest BCUT2D eigenvalue weighted by Crippen LogP contribution is -2.09. The first-order valence-electron chi connectivity index (χ1n) is 7.76. The Balaban J connectivity index is 2.05. The Morgan fingerprint density at radius 1 is 0.821 bits per heavy atom. The van der Waals surface area contributed by atoms with Crippen molar-refractivity contribution >= 4 is 40.6 Å². The van der Waals surface area contributed by atoms with E-state index in [2.05, 4.69) is 20.6 Å².